The first-order valence-corrected chi connectivity index (χ1v) is 4.51. The lowest BCUT2D eigenvalue weighted by molar-refractivity contribution is 0.533. The number of aryl methyl sites for hydroxylation is 1. The molecule has 0 aliphatic carbocycles. The second kappa shape index (κ2) is 3.80. The van der Waals surface area contributed by atoms with Crippen molar-refractivity contribution in [3.8, 4) is 0 Å². The van der Waals surface area contributed by atoms with E-state index in [4.69, 9.17) is 0 Å². The molecule has 2 rings (SSSR count). The maximum atomic E-state index is 4.08. The molecule has 1 unspecified atom stereocenters. The fraction of sp³-hybridized carbons (Fsp3) is 0.857. The van der Waals surface area contributed by atoms with Crippen molar-refractivity contribution in [3.05, 3.63) is 5.82 Å². The maximum absolute atomic E-state index is 4.08. The van der Waals surface area contributed by atoms with Gasteiger partial charge in [0.15, 0.2) is 5.82 Å². The molecule has 1 saturated heterocycles. The van der Waals surface area contributed by atoms with E-state index in [0.29, 0.717) is 12.6 Å². The molecule has 0 spiro atoms. The molecule has 1 aliphatic heterocycles. The number of nitrogens with zero attached hydrogens (tertiary/aromatic N) is 4. The van der Waals surface area contributed by atoms with Gasteiger partial charge in [0.2, 0.25) is 0 Å². The molecule has 1 aromatic heterocycles. The molecule has 0 bridgehead atoms. The molecule has 1 fully saturated rings. The Morgan fingerprint density at radius 2 is 2.62 bits per heavy atom. The van der Waals surface area contributed by atoms with Gasteiger partial charge >= 0.3 is 0 Å². The highest BCUT2D eigenvalue weighted by molar-refractivity contribution is 4.82. The first-order valence-electron chi connectivity index (χ1n) is 4.51. The number of hydrogen-bond acceptors (Lipinski definition) is 5. The van der Waals surface area contributed by atoms with E-state index in [9.17, 15) is 0 Å². The standard InChI is InChI=1S/C7H14N6/c1-13-11-7(10-12-13)5-9-6-2-3-8-4-6/h6,8-9H,2-5H2,1H3. The SMILES string of the molecule is Cn1nnc(CNC2CCNC2)n1. The van der Waals surface area contributed by atoms with Gasteiger partial charge in [0.05, 0.1) is 13.6 Å². The fourth-order valence-electron chi connectivity index (χ4n) is 1.46. The summed E-state index contributed by atoms with van der Waals surface area (Å²) in [5, 5.41) is 18.4. The zero-order valence-corrected chi connectivity index (χ0v) is 7.69. The summed E-state index contributed by atoms with van der Waals surface area (Å²) in [7, 11) is 1.77. The number of tetrazole rings is 1. The number of aromatic nitrogens is 4. The Balaban J connectivity index is 1.78. The zero-order chi connectivity index (χ0) is 9.10. The minimum absolute atomic E-state index is 0.559. The second-order valence-electron chi connectivity index (χ2n) is 3.27. The van der Waals surface area contributed by atoms with Gasteiger partial charge in [-0.1, -0.05) is 0 Å². The van der Waals surface area contributed by atoms with Gasteiger partial charge in [-0.25, -0.2) is 0 Å². The highest BCUT2D eigenvalue weighted by atomic mass is 15.6. The fourth-order valence-corrected chi connectivity index (χ4v) is 1.46. The van der Waals surface area contributed by atoms with Crippen molar-refractivity contribution in [1.29, 1.82) is 0 Å². The van der Waals surface area contributed by atoms with Gasteiger partial charge in [-0.05, 0) is 18.2 Å². The molecule has 0 radical (unpaired) electrons. The molecule has 1 aliphatic rings. The Labute approximate surface area is 76.7 Å². The van der Waals surface area contributed by atoms with Crippen LogP contribution in [0.15, 0.2) is 0 Å². The van der Waals surface area contributed by atoms with Crippen LogP contribution in [-0.4, -0.2) is 39.3 Å². The molecule has 2 heterocycles. The lowest BCUT2D eigenvalue weighted by atomic mass is 10.2. The molecule has 0 amide bonds. The van der Waals surface area contributed by atoms with Gasteiger partial charge in [0.25, 0.3) is 0 Å². The van der Waals surface area contributed by atoms with E-state index in [0.717, 1.165) is 18.9 Å². The summed E-state index contributed by atoms with van der Waals surface area (Å²) >= 11 is 0. The van der Waals surface area contributed by atoms with Crippen LogP contribution in [0, 0.1) is 0 Å². The maximum Gasteiger partial charge on any atom is 0.188 e. The monoisotopic (exact) mass is 182 g/mol. The molecular weight excluding hydrogens is 168 g/mol. The number of hydrogen-bond donors (Lipinski definition) is 2. The number of nitrogens with one attached hydrogen (secondary N) is 2. The molecule has 72 valence electrons. The second-order valence-corrected chi connectivity index (χ2v) is 3.27. The molecule has 6 nitrogen and oxygen atoms in total. The van der Waals surface area contributed by atoms with Gasteiger partial charge in [-0.3, -0.25) is 0 Å². The summed E-state index contributed by atoms with van der Waals surface area (Å²) in [4.78, 5) is 1.48. The summed E-state index contributed by atoms with van der Waals surface area (Å²) in [5.41, 5.74) is 0. The third-order valence-electron chi connectivity index (χ3n) is 2.16. The Morgan fingerprint density at radius 3 is 3.23 bits per heavy atom. The van der Waals surface area contributed by atoms with E-state index in [1.165, 1.54) is 11.2 Å². The van der Waals surface area contributed by atoms with Crippen molar-refractivity contribution in [2.24, 2.45) is 7.05 Å². The van der Waals surface area contributed by atoms with Gasteiger partial charge in [-0.15, -0.1) is 10.2 Å². The summed E-state index contributed by atoms with van der Waals surface area (Å²) < 4.78 is 0. The van der Waals surface area contributed by atoms with Gasteiger partial charge in [0.1, 0.15) is 0 Å². The van der Waals surface area contributed by atoms with Crippen molar-refractivity contribution in [3.63, 3.8) is 0 Å². The Bertz CT molecular complexity index is 264. The van der Waals surface area contributed by atoms with Crippen molar-refractivity contribution < 1.29 is 0 Å². The average Bonchev–Trinajstić information content (AvgIpc) is 2.71. The van der Waals surface area contributed by atoms with Gasteiger partial charge in [0, 0.05) is 12.6 Å². The molecule has 13 heavy (non-hydrogen) atoms. The third-order valence-corrected chi connectivity index (χ3v) is 2.16. The predicted molar refractivity (Wildman–Crippen MR) is 46.9 cm³/mol. The molecule has 1 atom stereocenters. The first kappa shape index (κ1) is 8.58. The van der Waals surface area contributed by atoms with E-state index >= 15 is 0 Å². The van der Waals surface area contributed by atoms with Gasteiger partial charge in [-0.2, -0.15) is 4.80 Å². The summed E-state index contributed by atoms with van der Waals surface area (Å²) in [6.07, 6.45) is 1.18. The van der Waals surface area contributed by atoms with Crippen molar-refractivity contribution in [1.82, 2.24) is 30.8 Å². The Kier molecular flexibility index (Phi) is 2.51. The van der Waals surface area contributed by atoms with E-state index in [1.54, 1.807) is 7.05 Å². The van der Waals surface area contributed by atoms with Gasteiger partial charge < -0.3 is 10.6 Å². The van der Waals surface area contributed by atoms with Crippen LogP contribution in [0.25, 0.3) is 0 Å². The smallest absolute Gasteiger partial charge is 0.188 e. The summed E-state index contributed by atoms with van der Waals surface area (Å²) in [6.45, 7) is 2.85. The van der Waals surface area contributed by atoms with Crippen molar-refractivity contribution >= 4 is 0 Å². The quantitative estimate of drug-likeness (QED) is 0.605. The van der Waals surface area contributed by atoms with Crippen LogP contribution < -0.4 is 10.6 Å². The summed E-state index contributed by atoms with van der Waals surface area (Å²) in [5.74, 6) is 0.759. The summed E-state index contributed by atoms with van der Waals surface area (Å²) in [6, 6.07) is 0.559. The molecule has 0 aromatic carbocycles. The van der Waals surface area contributed by atoms with E-state index in [1.807, 2.05) is 0 Å². The Morgan fingerprint density at radius 1 is 1.69 bits per heavy atom. The molecule has 2 N–H and O–H groups in total. The minimum Gasteiger partial charge on any atom is -0.315 e. The first-order chi connectivity index (χ1) is 6.34. The largest absolute Gasteiger partial charge is 0.315 e. The molecule has 6 heteroatoms. The van der Waals surface area contributed by atoms with Crippen LogP contribution in [0.4, 0.5) is 0 Å². The van der Waals surface area contributed by atoms with Crippen LogP contribution in [0.3, 0.4) is 0 Å². The van der Waals surface area contributed by atoms with E-state index in [2.05, 4.69) is 26.0 Å². The van der Waals surface area contributed by atoms with E-state index in [-0.39, 0.29) is 0 Å². The molecule has 0 saturated carbocycles. The van der Waals surface area contributed by atoms with Crippen LogP contribution in [0.1, 0.15) is 12.2 Å². The van der Waals surface area contributed by atoms with Crippen molar-refractivity contribution in [2.75, 3.05) is 13.1 Å². The van der Waals surface area contributed by atoms with Crippen LogP contribution >= 0.6 is 0 Å². The normalized spacial score (nSPS) is 22.4. The van der Waals surface area contributed by atoms with Crippen LogP contribution in [0.2, 0.25) is 0 Å². The molecule has 1 aromatic rings. The van der Waals surface area contributed by atoms with Crippen LogP contribution in [0.5, 0.6) is 0 Å². The lowest BCUT2D eigenvalue weighted by Crippen LogP contribution is -2.30. The molecular formula is C7H14N6. The third kappa shape index (κ3) is 2.22. The average molecular weight is 182 g/mol. The zero-order valence-electron chi connectivity index (χ0n) is 7.69. The topological polar surface area (TPSA) is 67.7 Å². The van der Waals surface area contributed by atoms with Crippen molar-refractivity contribution in [2.45, 2.75) is 19.0 Å². The number of rotatable bonds is 3. The highest BCUT2D eigenvalue weighted by Crippen LogP contribution is 1.97. The Hall–Kier alpha value is -1.01. The highest BCUT2D eigenvalue weighted by Gasteiger charge is 2.13. The lowest BCUT2D eigenvalue weighted by Gasteiger charge is -2.07. The minimum atomic E-state index is 0.559. The van der Waals surface area contributed by atoms with Crippen LogP contribution in [-0.2, 0) is 13.6 Å². The van der Waals surface area contributed by atoms with E-state index < -0.39 is 0 Å². The predicted octanol–water partition coefficient (Wildman–Crippen LogP) is -1.34.